The largest absolute Gasteiger partial charge is 0.494 e. The van der Waals surface area contributed by atoms with E-state index >= 15 is 0 Å². The number of aryl methyl sites for hydroxylation is 1. The van der Waals surface area contributed by atoms with Crippen molar-refractivity contribution in [2.24, 2.45) is 0 Å². The Hall–Kier alpha value is -2.82. The lowest BCUT2D eigenvalue weighted by Gasteiger charge is -2.08. The Kier molecular flexibility index (Phi) is 4.28. The van der Waals surface area contributed by atoms with E-state index in [4.69, 9.17) is 4.74 Å². The molecule has 0 atom stereocenters. The third kappa shape index (κ3) is 3.04. The molecule has 1 N–H and O–H groups in total. The van der Waals surface area contributed by atoms with E-state index in [1.54, 1.807) is 24.3 Å². The average molecular weight is 309 g/mol. The molecule has 23 heavy (non-hydrogen) atoms. The molecule has 0 radical (unpaired) electrons. The lowest BCUT2D eigenvalue weighted by Crippen LogP contribution is -2.15. The van der Waals surface area contributed by atoms with E-state index in [1.165, 1.54) is 0 Å². The third-order valence-corrected chi connectivity index (χ3v) is 3.62. The van der Waals surface area contributed by atoms with Gasteiger partial charge in [0.15, 0.2) is 0 Å². The van der Waals surface area contributed by atoms with Crippen LogP contribution in [0.25, 0.3) is 11.0 Å². The zero-order chi connectivity index (χ0) is 16.2. The minimum Gasteiger partial charge on any atom is -0.494 e. The van der Waals surface area contributed by atoms with Gasteiger partial charge in [-0.3, -0.25) is 10.1 Å². The molecule has 1 amide bonds. The number of ether oxygens (including phenoxy) is 1. The molecule has 5 nitrogen and oxygen atoms in total. The minimum absolute atomic E-state index is 0.182. The molecule has 3 rings (SSSR count). The van der Waals surface area contributed by atoms with Crippen LogP contribution < -0.4 is 10.1 Å². The van der Waals surface area contributed by atoms with Crippen molar-refractivity contribution in [3.63, 3.8) is 0 Å². The molecule has 0 aliphatic rings. The Balaban J connectivity index is 1.85. The van der Waals surface area contributed by atoms with E-state index in [-0.39, 0.29) is 5.91 Å². The van der Waals surface area contributed by atoms with Gasteiger partial charge in [0.2, 0.25) is 5.95 Å². The first-order chi connectivity index (χ1) is 11.2. The van der Waals surface area contributed by atoms with Crippen LogP contribution in [0.4, 0.5) is 5.95 Å². The second kappa shape index (κ2) is 6.52. The molecule has 0 aliphatic carbocycles. The van der Waals surface area contributed by atoms with Gasteiger partial charge in [0, 0.05) is 12.1 Å². The summed E-state index contributed by atoms with van der Waals surface area (Å²) in [5.41, 5.74) is 2.46. The number of carbonyl (C=O) groups excluding carboxylic acids is 1. The van der Waals surface area contributed by atoms with Crippen molar-refractivity contribution in [3.8, 4) is 5.75 Å². The standard InChI is InChI=1S/C18H19N3O2/c1-3-21-16-8-6-5-7-15(16)19-18(21)20-17(22)13-9-11-14(12-10-13)23-4-2/h5-12H,3-4H2,1-2H3,(H,19,20,22). The number of amides is 1. The van der Waals surface area contributed by atoms with Crippen LogP contribution in [0.15, 0.2) is 48.5 Å². The van der Waals surface area contributed by atoms with Crippen LogP contribution in [-0.2, 0) is 6.54 Å². The lowest BCUT2D eigenvalue weighted by molar-refractivity contribution is 0.102. The van der Waals surface area contributed by atoms with Crippen molar-refractivity contribution >= 4 is 22.9 Å². The fraction of sp³-hybridized carbons (Fsp3) is 0.222. The van der Waals surface area contributed by atoms with E-state index in [0.29, 0.717) is 18.1 Å². The number of nitrogens with one attached hydrogen (secondary N) is 1. The molecule has 0 saturated carbocycles. The van der Waals surface area contributed by atoms with Crippen LogP contribution in [0.3, 0.4) is 0 Å². The molecule has 0 aliphatic heterocycles. The summed E-state index contributed by atoms with van der Waals surface area (Å²) >= 11 is 0. The van der Waals surface area contributed by atoms with Crippen LogP contribution in [0.2, 0.25) is 0 Å². The Morgan fingerprint density at radius 2 is 1.87 bits per heavy atom. The van der Waals surface area contributed by atoms with E-state index < -0.39 is 0 Å². The lowest BCUT2D eigenvalue weighted by atomic mass is 10.2. The molecule has 5 heteroatoms. The van der Waals surface area contributed by atoms with Gasteiger partial charge in [0.1, 0.15) is 5.75 Å². The van der Waals surface area contributed by atoms with Gasteiger partial charge in [-0.05, 0) is 50.2 Å². The van der Waals surface area contributed by atoms with E-state index in [9.17, 15) is 4.79 Å². The van der Waals surface area contributed by atoms with Gasteiger partial charge >= 0.3 is 0 Å². The van der Waals surface area contributed by atoms with Crippen LogP contribution in [0, 0.1) is 0 Å². The maximum Gasteiger partial charge on any atom is 0.257 e. The number of imidazole rings is 1. The highest BCUT2D eigenvalue weighted by Gasteiger charge is 2.13. The highest BCUT2D eigenvalue weighted by molar-refractivity contribution is 6.04. The number of aromatic nitrogens is 2. The summed E-state index contributed by atoms with van der Waals surface area (Å²) in [6.07, 6.45) is 0. The first-order valence-electron chi connectivity index (χ1n) is 7.72. The molecule has 118 valence electrons. The molecule has 0 fully saturated rings. The second-order valence-electron chi connectivity index (χ2n) is 5.08. The van der Waals surface area contributed by atoms with Gasteiger partial charge < -0.3 is 9.30 Å². The number of para-hydroxylation sites is 2. The normalized spacial score (nSPS) is 10.7. The average Bonchev–Trinajstić information content (AvgIpc) is 2.92. The van der Waals surface area contributed by atoms with Crippen molar-refractivity contribution in [1.29, 1.82) is 0 Å². The van der Waals surface area contributed by atoms with Gasteiger partial charge in [-0.25, -0.2) is 4.98 Å². The van der Waals surface area contributed by atoms with Crippen molar-refractivity contribution in [1.82, 2.24) is 9.55 Å². The number of benzene rings is 2. The first-order valence-corrected chi connectivity index (χ1v) is 7.72. The third-order valence-electron chi connectivity index (χ3n) is 3.62. The molecule has 3 aromatic rings. The molecule has 0 unspecified atom stereocenters. The quantitative estimate of drug-likeness (QED) is 0.781. The summed E-state index contributed by atoms with van der Waals surface area (Å²) in [7, 11) is 0. The summed E-state index contributed by atoms with van der Waals surface area (Å²) < 4.78 is 7.37. The molecule has 0 saturated heterocycles. The number of hydrogen-bond donors (Lipinski definition) is 1. The predicted molar refractivity (Wildman–Crippen MR) is 91.0 cm³/mol. The Labute approximate surface area is 134 Å². The van der Waals surface area contributed by atoms with Gasteiger partial charge in [-0.2, -0.15) is 0 Å². The van der Waals surface area contributed by atoms with Crippen molar-refractivity contribution in [2.45, 2.75) is 20.4 Å². The summed E-state index contributed by atoms with van der Waals surface area (Å²) in [6.45, 7) is 5.29. The number of fused-ring (bicyclic) bond motifs is 1. The molecule has 0 bridgehead atoms. The smallest absolute Gasteiger partial charge is 0.257 e. The van der Waals surface area contributed by atoms with E-state index in [2.05, 4.69) is 10.3 Å². The summed E-state index contributed by atoms with van der Waals surface area (Å²) in [6, 6.07) is 14.9. The van der Waals surface area contributed by atoms with Crippen LogP contribution in [0.1, 0.15) is 24.2 Å². The number of carbonyl (C=O) groups is 1. The van der Waals surface area contributed by atoms with Crippen LogP contribution >= 0.6 is 0 Å². The van der Waals surface area contributed by atoms with Gasteiger partial charge in [-0.15, -0.1) is 0 Å². The van der Waals surface area contributed by atoms with Crippen LogP contribution in [-0.4, -0.2) is 22.1 Å². The highest BCUT2D eigenvalue weighted by Crippen LogP contribution is 2.20. The summed E-state index contributed by atoms with van der Waals surface area (Å²) in [4.78, 5) is 16.9. The number of rotatable bonds is 5. The SMILES string of the molecule is CCOc1ccc(C(=O)Nc2nc3ccccc3n2CC)cc1. The topological polar surface area (TPSA) is 56.1 Å². The molecule has 0 spiro atoms. The number of anilines is 1. The van der Waals surface area contributed by atoms with Crippen molar-refractivity contribution in [2.75, 3.05) is 11.9 Å². The highest BCUT2D eigenvalue weighted by atomic mass is 16.5. The van der Waals surface area contributed by atoms with Crippen LogP contribution in [0.5, 0.6) is 5.75 Å². The molecule has 1 aromatic heterocycles. The number of nitrogens with zero attached hydrogens (tertiary/aromatic N) is 2. The molecular weight excluding hydrogens is 290 g/mol. The molecule has 2 aromatic carbocycles. The number of hydrogen-bond acceptors (Lipinski definition) is 3. The first kappa shape index (κ1) is 15.1. The monoisotopic (exact) mass is 309 g/mol. The van der Waals surface area contributed by atoms with Gasteiger partial charge in [0.25, 0.3) is 5.91 Å². The summed E-state index contributed by atoms with van der Waals surface area (Å²) in [5, 5.41) is 2.89. The second-order valence-corrected chi connectivity index (χ2v) is 5.08. The molecule has 1 heterocycles. The molecular formula is C18H19N3O2. The fourth-order valence-electron chi connectivity index (χ4n) is 2.53. The minimum atomic E-state index is -0.182. The van der Waals surface area contributed by atoms with E-state index in [0.717, 1.165) is 23.3 Å². The fourth-order valence-corrected chi connectivity index (χ4v) is 2.53. The van der Waals surface area contributed by atoms with Gasteiger partial charge in [-0.1, -0.05) is 12.1 Å². The maximum absolute atomic E-state index is 12.4. The Morgan fingerprint density at radius 1 is 1.13 bits per heavy atom. The predicted octanol–water partition coefficient (Wildman–Crippen LogP) is 3.71. The van der Waals surface area contributed by atoms with Crippen molar-refractivity contribution < 1.29 is 9.53 Å². The Bertz CT molecular complexity index is 822. The van der Waals surface area contributed by atoms with Gasteiger partial charge in [0.05, 0.1) is 17.6 Å². The Morgan fingerprint density at radius 3 is 2.57 bits per heavy atom. The van der Waals surface area contributed by atoms with E-state index in [1.807, 2.05) is 42.7 Å². The maximum atomic E-state index is 12.4. The summed E-state index contributed by atoms with van der Waals surface area (Å²) in [5.74, 6) is 1.13. The zero-order valence-electron chi connectivity index (χ0n) is 13.2. The van der Waals surface area contributed by atoms with Crippen molar-refractivity contribution in [3.05, 3.63) is 54.1 Å². The zero-order valence-corrected chi connectivity index (χ0v) is 13.2.